The van der Waals surface area contributed by atoms with Crippen LogP contribution in [0.3, 0.4) is 0 Å². The Balaban J connectivity index is 1.07. The minimum absolute atomic E-state index is 0.0409. The van der Waals surface area contributed by atoms with Crippen LogP contribution >= 0.6 is 0 Å². The number of hydrogen-bond donors (Lipinski definition) is 2. The van der Waals surface area contributed by atoms with E-state index < -0.39 is 5.54 Å². The van der Waals surface area contributed by atoms with Gasteiger partial charge in [0.15, 0.2) is 5.96 Å². The molecule has 236 valence electrons. The molecule has 2 N–H and O–H groups in total. The molecule has 44 heavy (non-hydrogen) atoms. The predicted molar refractivity (Wildman–Crippen MR) is 176 cm³/mol. The smallest absolute Gasteiger partial charge is 0.255 e. The molecule has 2 aliphatic carbocycles. The molecule has 4 fully saturated rings. The average molecular weight is 597 g/mol. The molecule has 1 unspecified atom stereocenters. The third-order valence-corrected chi connectivity index (χ3v) is 11.2. The van der Waals surface area contributed by atoms with E-state index in [1.54, 1.807) is 4.90 Å². The summed E-state index contributed by atoms with van der Waals surface area (Å²) >= 11 is 0. The number of likely N-dealkylation sites (tertiary alicyclic amines) is 1. The van der Waals surface area contributed by atoms with E-state index in [0.29, 0.717) is 36.7 Å². The van der Waals surface area contributed by atoms with Crippen LogP contribution in [0.2, 0.25) is 0 Å². The van der Waals surface area contributed by atoms with Crippen molar-refractivity contribution in [2.45, 2.75) is 108 Å². The molecule has 6 heteroatoms. The molecule has 0 spiro atoms. The molecular formula is C38H52N4O2. The summed E-state index contributed by atoms with van der Waals surface area (Å²) in [5.41, 5.74) is 1.75. The van der Waals surface area contributed by atoms with E-state index in [0.717, 1.165) is 38.8 Å². The van der Waals surface area contributed by atoms with Crippen molar-refractivity contribution in [3.05, 3.63) is 71.8 Å². The first-order chi connectivity index (χ1) is 21.5. The monoisotopic (exact) mass is 596 g/mol. The summed E-state index contributed by atoms with van der Waals surface area (Å²) in [6.45, 7) is 2.09. The number of carbonyl (C=O) groups excluding carboxylic acids is 2. The Labute approximate surface area is 264 Å². The van der Waals surface area contributed by atoms with E-state index >= 15 is 0 Å². The minimum atomic E-state index is -0.595. The second-order valence-corrected chi connectivity index (χ2v) is 14.3. The molecule has 2 aromatic rings. The van der Waals surface area contributed by atoms with Gasteiger partial charge in [-0.1, -0.05) is 125 Å². The van der Waals surface area contributed by atoms with E-state index in [1.807, 2.05) is 41.3 Å². The Kier molecular flexibility index (Phi) is 10.0. The van der Waals surface area contributed by atoms with Gasteiger partial charge < -0.3 is 10.2 Å². The summed E-state index contributed by atoms with van der Waals surface area (Å²) in [5.74, 6) is 2.23. The summed E-state index contributed by atoms with van der Waals surface area (Å²) in [4.78, 5) is 31.6. The Morgan fingerprint density at radius 2 is 1.34 bits per heavy atom. The fraction of sp³-hybridized carbons (Fsp3) is 0.605. The van der Waals surface area contributed by atoms with Crippen LogP contribution < -0.4 is 5.32 Å². The highest BCUT2D eigenvalue weighted by Crippen LogP contribution is 2.40. The van der Waals surface area contributed by atoms with Crippen molar-refractivity contribution < 1.29 is 9.59 Å². The van der Waals surface area contributed by atoms with Crippen LogP contribution in [0.25, 0.3) is 0 Å². The third-order valence-electron chi connectivity index (χ3n) is 11.2. The lowest BCUT2D eigenvalue weighted by atomic mass is 9.73. The maximum atomic E-state index is 14.2. The van der Waals surface area contributed by atoms with E-state index in [-0.39, 0.29) is 17.7 Å². The molecule has 0 bridgehead atoms. The number of benzene rings is 2. The molecule has 0 aromatic heterocycles. The summed E-state index contributed by atoms with van der Waals surface area (Å²) in [5, 5.41) is 12.4. The fourth-order valence-electron chi connectivity index (χ4n) is 8.76. The standard InChI is InChI=1S/C38H52N4O2/c39-37-40-38(26-29-13-5-1-6-14-29,27-30-15-7-2-8-16-30)36(44)42(37)24-22-31-21-23-41(28-31)35(43)25-34(32-17-9-3-10-18-32)33-19-11-4-12-20-33/h3-4,9-12,17-20,29-31,34H,1-2,5-8,13-16,21-28H2,(H2,39,40). The maximum Gasteiger partial charge on any atom is 0.255 e. The van der Waals surface area contributed by atoms with Crippen molar-refractivity contribution in [1.29, 1.82) is 5.41 Å². The van der Waals surface area contributed by atoms with Gasteiger partial charge in [0.05, 0.1) is 0 Å². The predicted octanol–water partition coefficient (Wildman–Crippen LogP) is 7.49. The van der Waals surface area contributed by atoms with Gasteiger partial charge in [0, 0.05) is 32.0 Å². The van der Waals surface area contributed by atoms with Gasteiger partial charge in [-0.2, -0.15) is 0 Å². The van der Waals surface area contributed by atoms with E-state index in [4.69, 9.17) is 5.41 Å². The van der Waals surface area contributed by atoms with Crippen LogP contribution in [0, 0.1) is 23.2 Å². The molecule has 0 radical (unpaired) electrons. The first kappa shape index (κ1) is 30.9. The second kappa shape index (κ2) is 14.3. The van der Waals surface area contributed by atoms with Gasteiger partial charge in [-0.3, -0.25) is 19.9 Å². The highest BCUT2D eigenvalue weighted by molar-refractivity contribution is 6.07. The van der Waals surface area contributed by atoms with Gasteiger partial charge in [-0.25, -0.2) is 0 Å². The average Bonchev–Trinajstić information content (AvgIpc) is 3.62. The number of hydrogen-bond acceptors (Lipinski definition) is 3. The lowest BCUT2D eigenvalue weighted by Gasteiger charge is -2.36. The lowest BCUT2D eigenvalue weighted by molar-refractivity contribution is -0.133. The fourth-order valence-corrected chi connectivity index (χ4v) is 8.76. The summed E-state index contributed by atoms with van der Waals surface area (Å²) < 4.78 is 0. The van der Waals surface area contributed by atoms with E-state index in [9.17, 15) is 9.59 Å². The van der Waals surface area contributed by atoms with Gasteiger partial charge >= 0.3 is 0 Å². The first-order valence-corrected chi connectivity index (χ1v) is 17.6. The molecule has 2 saturated carbocycles. The number of rotatable bonds is 11. The first-order valence-electron chi connectivity index (χ1n) is 17.6. The number of guanidine groups is 1. The van der Waals surface area contributed by atoms with Crippen molar-refractivity contribution >= 4 is 17.8 Å². The third kappa shape index (κ3) is 7.21. The number of carbonyl (C=O) groups is 2. The zero-order valence-electron chi connectivity index (χ0n) is 26.5. The highest BCUT2D eigenvalue weighted by atomic mass is 16.2. The van der Waals surface area contributed by atoms with Crippen molar-refractivity contribution in [1.82, 2.24) is 15.1 Å². The lowest BCUT2D eigenvalue weighted by Crippen LogP contribution is -2.50. The topological polar surface area (TPSA) is 76.5 Å². The summed E-state index contributed by atoms with van der Waals surface area (Å²) in [7, 11) is 0. The minimum Gasteiger partial charge on any atom is -0.342 e. The van der Waals surface area contributed by atoms with Crippen LogP contribution in [0.15, 0.2) is 60.7 Å². The number of amides is 2. The van der Waals surface area contributed by atoms with Gasteiger partial charge in [0.25, 0.3) is 5.91 Å². The Hall–Kier alpha value is -3.15. The Morgan fingerprint density at radius 1 is 0.795 bits per heavy atom. The molecule has 1 atom stereocenters. The van der Waals surface area contributed by atoms with Crippen molar-refractivity contribution in [2.75, 3.05) is 19.6 Å². The van der Waals surface area contributed by atoms with Crippen molar-refractivity contribution in [2.24, 2.45) is 17.8 Å². The van der Waals surface area contributed by atoms with Gasteiger partial charge in [-0.15, -0.1) is 0 Å². The number of nitrogens with one attached hydrogen (secondary N) is 2. The van der Waals surface area contributed by atoms with Gasteiger partial charge in [0.1, 0.15) is 5.54 Å². The van der Waals surface area contributed by atoms with Crippen LogP contribution in [0.1, 0.15) is 113 Å². The molecule has 2 aliphatic heterocycles. The van der Waals surface area contributed by atoms with Crippen LogP contribution in [0.5, 0.6) is 0 Å². The highest BCUT2D eigenvalue weighted by Gasteiger charge is 2.51. The molecule has 2 amide bonds. The van der Waals surface area contributed by atoms with Crippen molar-refractivity contribution in [3.8, 4) is 0 Å². The second-order valence-electron chi connectivity index (χ2n) is 14.3. The zero-order chi connectivity index (χ0) is 30.4. The quantitative estimate of drug-likeness (QED) is 0.282. The SMILES string of the molecule is N=C1NC(CC2CCCCC2)(CC2CCCCC2)C(=O)N1CCC1CCN(C(=O)CC(c2ccccc2)c2ccccc2)C1. The van der Waals surface area contributed by atoms with Crippen molar-refractivity contribution in [3.63, 3.8) is 0 Å². The summed E-state index contributed by atoms with van der Waals surface area (Å²) in [6.07, 6.45) is 16.6. The molecule has 2 aromatic carbocycles. The summed E-state index contributed by atoms with van der Waals surface area (Å²) in [6, 6.07) is 20.7. The molecular weight excluding hydrogens is 544 g/mol. The molecule has 2 heterocycles. The van der Waals surface area contributed by atoms with Crippen LogP contribution in [-0.4, -0.2) is 52.7 Å². The van der Waals surface area contributed by atoms with Gasteiger partial charge in [-0.05, 0) is 54.6 Å². The number of nitrogens with zero attached hydrogens (tertiary/aromatic N) is 2. The normalized spacial score (nSPS) is 23.0. The maximum absolute atomic E-state index is 14.2. The molecule has 6 nitrogen and oxygen atoms in total. The molecule has 2 saturated heterocycles. The van der Waals surface area contributed by atoms with Gasteiger partial charge in [0.2, 0.25) is 5.91 Å². The zero-order valence-corrected chi connectivity index (χ0v) is 26.5. The van der Waals surface area contributed by atoms with E-state index in [2.05, 4.69) is 29.6 Å². The van der Waals surface area contributed by atoms with Crippen LogP contribution in [0.4, 0.5) is 0 Å². The molecule has 6 rings (SSSR count). The van der Waals surface area contributed by atoms with Crippen LogP contribution in [-0.2, 0) is 9.59 Å². The Morgan fingerprint density at radius 3 is 1.89 bits per heavy atom. The largest absolute Gasteiger partial charge is 0.342 e. The molecule has 4 aliphatic rings. The van der Waals surface area contributed by atoms with E-state index in [1.165, 1.54) is 75.3 Å². The Bertz CT molecular complexity index is 1190.